The van der Waals surface area contributed by atoms with Gasteiger partial charge in [0, 0.05) is 5.02 Å². The standard InChI is InChI=1S/C15H18ClN3O2/c1-3-4-11(2)15(14(20)21,19-10-17-9-18-19)12-5-7-13(16)8-6-12/h5-11H,3-4H2,1-2H3,(H,20,21). The van der Waals surface area contributed by atoms with Gasteiger partial charge in [-0.2, -0.15) is 5.10 Å². The number of hydrogen-bond donors (Lipinski definition) is 1. The van der Waals surface area contributed by atoms with Gasteiger partial charge < -0.3 is 5.11 Å². The highest BCUT2D eigenvalue weighted by Gasteiger charge is 2.47. The maximum absolute atomic E-state index is 12.2. The predicted molar refractivity (Wildman–Crippen MR) is 80.3 cm³/mol. The van der Waals surface area contributed by atoms with Gasteiger partial charge in [0.25, 0.3) is 0 Å². The van der Waals surface area contributed by atoms with Crippen molar-refractivity contribution in [1.29, 1.82) is 0 Å². The maximum atomic E-state index is 12.2. The molecule has 1 heterocycles. The molecule has 2 atom stereocenters. The molecule has 0 spiro atoms. The molecule has 0 saturated heterocycles. The second kappa shape index (κ2) is 6.26. The van der Waals surface area contributed by atoms with E-state index in [2.05, 4.69) is 10.1 Å². The minimum Gasteiger partial charge on any atom is -0.479 e. The molecular weight excluding hydrogens is 290 g/mol. The summed E-state index contributed by atoms with van der Waals surface area (Å²) in [5.74, 6) is -1.10. The van der Waals surface area contributed by atoms with Crippen molar-refractivity contribution >= 4 is 17.6 Å². The molecule has 0 bridgehead atoms. The van der Waals surface area contributed by atoms with Crippen LogP contribution in [0.4, 0.5) is 0 Å². The Balaban J connectivity index is 2.66. The highest BCUT2D eigenvalue weighted by Crippen LogP contribution is 2.37. The number of nitrogens with zero attached hydrogens (tertiary/aromatic N) is 3. The molecule has 1 aromatic carbocycles. The molecule has 0 radical (unpaired) electrons. The van der Waals surface area contributed by atoms with E-state index < -0.39 is 11.5 Å². The minimum atomic E-state index is -1.28. The number of halogens is 1. The van der Waals surface area contributed by atoms with Crippen molar-refractivity contribution in [2.75, 3.05) is 0 Å². The van der Waals surface area contributed by atoms with Crippen LogP contribution in [0.3, 0.4) is 0 Å². The number of aromatic nitrogens is 3. The molecule has 112 valence electrons. The Kier molecular flexibility index (Phi) is 4.63. The van der Waals surface area contributed by atoms with Gasteiger partial charge in [-0.25, -0.2) is 14.5 Å². The fourth-order valence-electron chi connectivity index (χ4n) is 2.81. The van der Waals surface area contributed by atoms with Crippen molar-refractivity contribution in [1.82, 2.24) is 14.8 Å². The largest absolute Gasteiger partial charge is 0.479 e. The second-order valence-corrected chi connectivity index (χ2v) is 5.54. The van der Waals surface area contributed by atoms with Gasteiger partial charge >= 0.3 is 5.97 Å². The Labute approximate surface area is 128 Å². The number of rotatable bonds is 6. The molecule has 1 N–H and O–H groups in total. The van der Waals surface area contributed by atoms with Gasteiger partial charge in [0.2, 0.25) is 0 Å². The molecule has 0 fully saturated rings. The summed E-state index contributed by atoms with van der Waals surface area (Å²) >= 11 is 5.92. The third-order valence-electron chi connectivity index (χ3n) is 3.83. The summed E-state index contributed by atoms with van der Waals surface area (Å²) in [7, 11) is 0. The van der Waals surface area contributed by atoms with Gasteiger partial charge in [-0.05, 0) is 30.0 Å². The van der Waals surface area contributed by atoms with E-state index in [-0.39, 0.29) is 5.92 Å². The summed E-state index contributed by atoms with van der Waals surface area (Å²) in [6.07, 6.45) is 4.45. The predicted octanol–water partition coefficient (Wildman–Crippen LogP) is 3.20. The molecule has 0 aliphatic rings. The van der Waals surface area contributed by atoms with E-state index in [4.69, 9.17) is 11.6 Å². The zero-order valence-corrected chi connectivity index (χ0v) is 12.8. The SMILES string of the molecule is CCCC(C)C(C(=O)O)(c1ccc(Cl)cc1)n1cncn1. The van der Waals surface area contributed by atoms with Crippen LogP contribution in [0, 0.1) is 5.92 Å². The number of aliphatic carboxylic acids is 1. The fraction of sp³-hybridized carbons (Fsp3) is 0.400. The average molecular weight is 308 g/mol. The first-order valence-electron chi connectivity index (χ1n) is 6.88. The van der Waals surface area contributed by atoms with Crippen molar-refractivity contribution in [3.8, 4) is 0 Å². The van der Waals surface area contributed by atoms with Crippen LogP contribution < -0.4 is 0 Å². The van der Waals surface area contributed by atoms with Crippen molar-refractivity contribution in [3.63, 3.8) is 0 Å². The van der Waals surface area contributed by atoms with Crippen LogP contribution >= 0.6 is 11.6 Å². The van der Waals surface area contributed by atoms with Crippen LogP contribution in [-0.2, 0) is 10.3 Å². The quantitative estimate of drug-likeness (QED) is 0.890. The van der Waals surface area contributed by atoms with E-state index in [1.54, 1.807) is 24.3 Å². The molecule has 1 aromatic heterocycles. The summed E-state index contributed by atoms with van der Waals surface area (Å²) < 4.78 is 1.43. The molecule has 2 rings (SSSR count). The van der Waals surface area contributed by atoms with Gasteiger partial charge in [-0.1, -0.05) is 44.0 Å². The third-order valence-corrected chi connectivity index (χ3v) is 4.08. The summed E-state index contributed by atoms with van der Waals surface area (Å²) in [4.78, 5) is 16.1. The summed E-state index contributed by atoms with van der Waals surface area (Å²) in [6.45, 7) is 3.96. The lowest BCUT2D eigenvalue weighted by Gasteiger charge is -2.35. The second-order valence-electron chi connectivity index (χ2n) is 5.11. The van der Waals surface area contributed by atoms with Crippen molar-refractivity contribution in [2.45, 2.75) is 32.2 Å². The maximum Gasteiger partial charge on any atom is 0.336 e. The highest BCUT2D eigenvalue weighted by atomic mass is 35.5. The van der Waals surface area contributed by atoms with Crippen LogP contribution in [-0.4, -0.2) is 25.8 Å². The normalized spacial score (nSPS) is 15.4. The zero-order valence-electron chi connectivity index (χ0n) is 12.0. The van der Waals surface area contributed by atoms with Gasteiger partial charge in [0.1, 0.15) is 12.7 Å². The Morgan fingerprint density at radius 1 is 1.43 bits per heavy atom. The molecule has 0 amide bonds. The number of carbonyl (C=O) groups is 1. The molecule has 5 nitrogen and oxygen atoms in total. The molecule has 0 saturated carbocycles. The first-order chi connectivity index (χ1) is 10.0. The summed E-state index contributed by atoms with van der Waals surface area (Å²) in [6, 6.07) is 6.88. The topological polar surface area (TPSA) is 68.0 Å². The molecule has 2 unspecified atom stereocenters. The van der Waals surface area contributed by atoms with Crippen LogP contribution in [0.5, 0.6) is 0 Å². The third kappa shape index (κ3) is 2.65. The minimum absolute atomic E-state index is 0.150. The number of benzene rings is 1. The van der Waals surface area contributed by atoms with Gasteiger partial charge in [0.05, 0.1) is 0 Å². The molecule has 6 heteroatoms. The lowest BCUT2D eigenvalue weighted by molar-refractivity contribution is -0.148. The Morgan fingerprint density at radius 2 is 2.10 bits per heavy atom. The summed E-state index contributed by atoms with van der Waals surface area (Å²) in [5, 5.41) is 14.7. The summed E-state index contributed by atoms with van der Waals surface area (Å²) in [5.41, 5.74) is -0.636. The van der Waals surface area contributed by atoms with Crippen LogP contribution in [0.15, 0.2) is 36.9 Å². The van der Waals surface area contributed by atoms with Crippen LogP contribution in [0.25, 0.3) is 0 Å². The average Bonchev–Trinajstić information content (AvgIpc) is 2.96. The first-order valence-corrected chi connectivity index (χ1v) is 7.25. The van der Waals surface area contributed by atoms with E-state index >= 15 is 0 Å². The van der Waals surface area contributed by atoms with E-state index in [0.29, 0.717) is 10.6 Å². The lowest BCUT2D eigenvalue weighted by atomic mass is 9.77. The number of hydrogen-bond acceptors (Lipinski definition) is 3. The van der Waals surface area contributed by atoms with Crippen LogP contribution in [0.2, 0.25) is 5.02 Å². The number of carboxylic acid groups (broad SMARTS) is 1. The zero-order chi connectivity index (χ0) is 15.5. The molecular formula is C15H18ClN3O2. The fourth-order valence-corrected chi connectivity index (χ4v) is 2.94. The lowest BCUT2D eigenvalue weighted by Crippen LogP contribution is -2.49. The van der Waals surface area contributed by atoms with Gasteiger partial charge in [0.15, 0.2) is 5.54 Å². The van der Waals surface area contributed by atoms with Gasteiger partial charge in [-0.3, -0.25) is 0 Å². The van der Waals surface area contributed by atoms with E-state index in [1.165, 1.54) is 17.3 Å². The van der Waals surface area contributed by atoms with E-state index in [1.807, 2.05) is 13.8 Å². The molecule has 0 aliphatic heterocycles. The van der Waals surface area contributed by atoms with E-state index in [0.717, 1.165) is 12.8 Å². The van der Waals surface area contributed by atoms with Crippen molar-refractivity contribution in [3.05, 3.63) is 47.5 Å². The number of carboxylic acids is 1. The monoisotopic (exact) mass is 307 g/mol. The molecule has 2 aromatic rings. The molecule has 0 aliphatic carbocycles. The Hall–Kier alpha value is -1.88. The Morgan fingerprint density at radius 3 is 2.57 bits per heavy atom. The van der Waals surface area contributed by atoms with Crippen molar-refractivity contribution < 1.29 is 9.90 Å². The van der Waals surface area contributed by atoms with Gasteiger partial charge in [-0.15, -0.1) is 0 Å². The highest BCUT2D eigenvalue weighted by molar-refractivity contribution is 6.30. The Bertz CT molecular complexity index is 598. The first kappa shape index (κ1) is 15.5. The van der Waals surface area contributed by atoms with Crippen molar-refractivity contribution in [2.24, 2.45) is 5.92 Å². The van der Waals surface area contributed by atoms with E-state index in [9.17, 15) is 9.90 Å². The van der Waals surface area contributed by atoms with Crippen LogP contribution in [0.1, 0.15) is 32.3 Å². The molecule has 21 heavy (non-hydrogen) atoms. The smallest absolute Gasteiger partial charge is 0.336 e.